The first kappa shape index (κ1) is 9.50. The highest BCUT2D eigenvalue weighted by molar-refractivity contribution is 4.67. The molecule has 0 bridgehead atoms. The van der Waals surface area contributed by atoms with Gasteiger partial charge in [0.2, 0.25) is 0 Å². The fourth-order valence-corrected chi connectivity index (χ4v) is 0.775. The van der Waals surface area contributed by atoms with E-state index in [0.29, 0.717) is 5.92 Å². The molecule has 60 valence electrons. The Balaban J connectivity index is 3.71. The summed E-state index contributed by atoms with van der Waals surface area (Å²) in [7, 11) is 4.04. The van der Waals surface area contributed by atoms with Crippen LogP contribution in [0.15, 0.2) is 12.8 Å². The fraction of sp³-hybridized carbons (Fsp3) is 0.750. The summed E-state index contributed by atoms with van der Waals surface area (Å²) in [6, 6.07) is 0. The highest BCUT2D eigenvalue weighted by Gasteiger charge is 2.02. The molecule has 2 nitrogen and oxygen atoms in total. The van der Waals surface area contributed by atoms with E-state index in [1.165, 1.54) is 0 Å². The van der Waals surface area contributed by atoms with Crippen LogP contribution in [-0.2, 0) is 0 Å². The third kappa shape index (κ3) is 3.51. The first-order chi connectivity index (χ1) is 4.57. The summed E-state index contributed by atoms with van der Waals surface area (Å²) >= 11 is 0. The van der Waals surface area contributed by atoms with Gasteiger partial charge in [0.1, 0.15) is 0 Å². The summed E-state index contributed by atoms with van der Waals surface area (Å²) in [5.74, 6) is 0.681. The van der Waals surface area contributed by atoms with Crippen molar-refractivity contribution in [3.63, 3.8) is 0 Å². The molecule has 2 heteroatoms. The van der Waals surface area contributed by atoms with Gasteiger partial charge in [-0.25, -0.2) is 5.01 Å². The molecule has 0 spiro atoms. The zero-order valence-electron chi connectivity index (χ0n) is 7.46. The molecule has 0 heterocycles. The molecule has 0 aromatic heterocycles. The van der Waals surface area contributed by atoms with Crippen LogP contribution in [0, 0.1) is 5.92 Å². The Kier molecular flexibility index (Phi) is 4.12. The number of nitrogens with zero attached hydrogens (tertiary/aromatic N) is 2. The van der Waals surface area contributed by atoms with Crippen molar-refractivity contribution >= 4 is 0 Å². The Hall–Kier alpha value is -0.500. The first-order valence-electron chi connectivity index (χ1n) is 3.64. The fourth-order valence-electron chi connectivity index (χ4n) is 0.775. The Bertz CT molecular complexity index is 97.4. The van der Waals surface area contributed by atoms with Crippen molar-refractivity contribution in [2.24, 2.45) is 5.92 Å². The summed E-state index contributed by atoms with van der Waals surface area (Å²) in [6.45, 7) is 9.15. The van der Waals surface area contributed by atoms with Crippen LogP contribution in [0.2, 0.25) is 0 Å². The summed E-state index contributed by atoms with van der Waals surface area (Å²) in [5, 5.41) is 4.12. The van der Waals surface area contributed by atoms with Crippen molar-refractivity contribution in [1.29, 1.82) is 0 Å². The van der Waals surface area contributed by atoms with Crippen molar-refractivity contribution in [3.8, 4) is 0 Å². The number of hydrazine groups is 1. The minimum absolute atomic E-state index is 0.681. The second-order valence-electron chi connectivity index (χ2n) is 3.05. The lowest BCUT2D eigenvalue weighted by Gasteiger charge is -2.28. The van der Waals surface area contributed by atoms with Gasteiger partial charge in [0, 0.05) is 26.8 Å². The van der Waals surface area contributed by atoms with Gasteiger partial charge in [-0.15, -0.1) is 0 Å². The molecule has 0 aliphatic carbocycles. The summed E-state index contributed by atoms with van der Waals surface area (Å²) < 4.78 is 0. The molecule has 10 heavy (non-hydrogen) atoms. The molecule has 0 aliphatic heterocycles. The number of hydrogen-bond donors (Lipinski definition) is 0. The third-order valence-electron chi connectivity index (χ3n) is 1.28. The highest BCUT2D eigenvalue weighted by atomic mass is 15.6. The van der Waals surface area contributed by atoms with E-state index >= 15 is 0 Å². The molecule has 0 fully saturated rings. The average molecular weight is 142 g/mol. The van der Waals surface area contributed by atoms with E-state index in [2.05, 4.69) is 25.4 Å². The van der Waals surface area contributed by atoms with Crippen LogP contribution in [0.1, 0.15) is 13.8 Å². The SMILES string of the molecule is C=CN(CC(C)C)N(C)C. The van der Waals surface area contributed by atoms with E-state index in [1.807, 2.05) is 25.3 Å². The molecule has 0 aromatic carbocycles. The molecular weight excluding hydrogens is 124 g/mol. The predicted octanol–water partition coefficient (Wildman–Crippen LogP) is 1.56. The molecule has 0 amide bonds. The van der Waals surface area contributed by atoms with Crippen LogP contribution < -0.4 is 0 Å². The maximum atomic E-state index is 3.72. The molecule has 0 atom stereocenters. The van der Waals surface area contributed by atoms with Gasteiger partial charge >= 0.3 is 0 Å². The van der Waals surface area contributed by atoms with E-state index in [-0.39, 0.29) is 0 Å². The van der Waals surface area contributed by atoms with Crippen molar-refractivity contribution in [1.82, 2.24) is 10.0 Å². The smallest absolute Gasteiger partial charge is 0.0362 e. The quantitative estimate of drug-likeness (QED) is 0.550. The molecule has 0 N–H and O–H groups in total. The van der Waals surface area contributed by atoms with Crippen LogP contribution in [0.3, 0.4) is 0 Å². The standard InChI is InChI=1S/C8H18N2/c1-6-10(9(4)5)7-8(2)3/h6,8H,1,7H2,2-5H3. The third-order valence-corrected chi connectivity index (χ3v) is 1.28. The number of hydrogen-bond acceptors (Lipinski definition) is 2. The topological polar surface area (TPSA) is 6.48 Å². The molecule has 0 aliphatic rings. The lowest BCUT2D eigenvalue weighted by molar-refractivity contribution is 0.0700. The van der Waals surface area contributed by atoms with Gasteiger partial charge in [-0.1, -0.05) is 20.4 Å². The van der Waals surface area contributed by atoms with E-state index in [9.17, 15) is 0 Å². The maximum Gasteiger partial charge on any atom is 0.0362 e. The molecular formula is C8H18N2. The average Bonchev–Trinajstić information content (AvgIpc) is 1.81. The lowest BCUT2D eigenvalue weighted by atomic mass is 10.2. The molecule has 0 unspecified atom stereocenters. The van der Waals surface area contributed by atoms with Crippen LogP contribution in [-0.4, -0.2) is 30.7 Å². The van der Waals surface area contributed by atoms with Gasteiger partial charge < -0.3 is 5.01 Å². The molecule has 0 radical (unpaired) electrons. The highest BCUT2D eigenvalue weighted by Crippen LogP contribution is 1.99. The second-order valence-corrected chi connectivity index (χ2v) is 3.05. The van der Waals surface area contributed by atoms with Gasteiger partial charge in [-0.2, -0.15) is 0 Å². The van der Waals surface area contributed by atoms with Crippen molar-refractivity contribution in [2.75, 3.05) is 20.6 Å². The number of rotatable bonds is 4. The maximum absolute atomic E-state index is 3.72. The van der Waals surface area contributed by atoms with Gasteiger partial charge in [-0.3, -0.25) is 0 Å². The van der Waals surface area contributed by atoms with Crippen LogP contribution in [0.25, 0.3) is 0 Å². The Labute approximate surface area is 64.1 Å². The molecule has 0 saturated heterocycles. The van der Waals surface area contributed by atoms with E-state index in [4.69, 9.17) is 0 Å². The van der Waals surface area contributed by atoms with Crippen molar-refractivity contribution < 1.29 is 0 Å². The van der Waals surface area contributed by atoms with Gasteiger partial charge in [0.05, 0.1) is 0 Å². The van der Waals surface area contributed by atoms with Gasteiger partial charge in [0.15, 0.2) is 0 Å². The normalized spacial score (nSPS) is 10.6. The second kappa shape index (κ2) is 4.34. The van der Waals surface area contributed by atoms with Gasteiger partial charge in [0.25, 0.3) is 0 Å². The molecule has 0 rings (SSSR count). The Morgan fingerprint density at radius 1 is 1.40 bits per heavy atom. The zero-order valence-corrected chi connectivity index (χ0v) is 7.46. The minimum atomic E-state index is 0.681. The summed E-state index contributed by atoms with van der Waals surface area (Å²) in [6.07, 6.45) is 1.85. The van der Waals surface area contributed by atoms with Crippen molar-refractivity contribution in [3.05, 3.63) is 12.8 Å². The summed E-state index contributed by atoms with van der Waals surface area (Å²) in [4.78, 5) is 0. The van der Waals surface area contributed by atoms with Crippen LogP contribution in [0.4, 0.5) is 0 Å². The largest absolute Gasteiger partial charge is 0.314 e. The van der Waals surface area contributed by atoms with E-state index < -0.39 is 0 Å². The Morgan fingerprint density at radius 3 is 2.00 bits per heavy atom. The van der Waals surface area contributed by atoms with E-state index in [0.717, 1.165) is 6.54 Å². The van der Waals surface area contributed by atoms with Gasteiger partial charge in [-0.05, 0) is 5.92 Å². The first-order valence-corrected chi connectivity index (χ1v) is 3.64. The molecule has 0 saturated carbocycles. The predicted molar refractivity (Wildman–Crippen MR) is 45.4 cm³/mol. The minimum Gasteiger partial charge on any atom is -0.314 e. The van der Waals surface area contributed by atoms with Crippen molar-refractivity contribution in [2.45, 2.75) is 13.8 Å². The van der Waals surface area contributed by atoms with E-state index in [1.54, 1.807) is 0 Å². The summed E-state index contributed by atoms with van der Waals surface area (Å²) in [5.41, 5.74) is 0. The lowest BCUT2D eigenvalue weighted by Crippen LogP contribution is -2.34. The Morgan fingerprint density at radius 2 is 1.90 bits per heavy atom. The monoisotopic (exact) mass is 142 g/mol. The molecule has 0 aromatic rings. The van der Waals surface area contributed by atoms with Crippen LogP contribution >= 0.6 is 0 Å². The van der Waals surface area contributed by atoms with Crippen LogP contribution in [0.5, 0.6) is 0 Å². The zero-order chi connectivity index (χ0) is 8.15.